The molecule has 0 saturated carbocycles. The number of ketones is 1. The van der Waals surface area contributed by atoms with Crippen LogP contribution in [0.1, 0.15) is 26.2 Å². The standard InChI is InChI=1S/C13H24N2O2/c1-11(15-6-4-14-5-7-15)10-13(16)12-2-8-17-9-3-12/h11-12,14H,2-10H2,1H3. The molecule has 2 saturated heterocycles. The fourth-order valence-corrected chi connectivity index (χ4v) is 2.73. The highest BCUT2D eigenvalue weighted by atomic mass is 16.5. The number of carbonyl (C=O) groups excluding carboxylic acids is 1. The average Bonchev–Trinajstić information content (AvgIpc) is 2.40. The van der Waals surface area contributed by atoms with Crippen LogP contribution in [0.4, 0.5) is 0 Å². The van der Waals surface area contributed by atoms with E-state index in [1.807, 2.05) is 0 Å². The van der Waals surface area contributed by atoms with Gasteiger partial charge in [0.25, 0.3) is 0 Å². The Labute approximate surface area is 104 Å². The molecule has 2 heterocycles. The van der Waals surface area contributed by atoms with Crippen molar-refractivity contribution in [2.24, 2.45) is 5.92 Å². The Morgan fingerprint density at radius 2 is 2.00 bits per heavy atom. The molecule has 2 fully saturated rings. The van der Waals surface area contributed by atoms with Gasteiger partial charge in [-0.3, -0.25) is 9.69 Å². The van der Waals surface area contributed by atoms with Crippen LogP contribution in [-0.2, 0) is 9.53 Å². The van der Waals surface area contributed by atoms with E-state index in [-0.39, 0.29) is 5.92 Å². The van der Waals surface area contributed by atoms with Crippen molar-refractivity contribution in [1.82, 2.24) is 10.2 Å². The highest BCUT2D eigenvalue weighted by Gasteiger charge is 2.25. The Bertz CT molecular complexity index is 246. The number of ether oxygens (including phenoxy) is 1. The van der Waals surface area contributed by atoms with Crippen molar-refractivity contribution in [1.29, 1.82) is 0 Å². The maximum atomic E-state index is 12.2. The number of hydrogen-bond acceptors (Lipinski definition) is 4. The Kier molecular flexibility index (Phi) is 4.95. The Morgan fingerprint density at radius 3 is 2.65 bits per heavy atom. The first-order valence-electron chi connectivity index (χ1n) is 6.82. The van der Waals surface area contributed by atoms with E-state index in [1.54, 1.807) is 0 Å². The summed E-state index contributed by atoms with van der Waals surface area (Å²) in [4.78, 5) is 14.6. The van der Waals surface area contributed by atoms with E-state index < -0.39 is 0 Å². The van der Waals surface area contributed by atoms with E-state index in [0.717, 1.165) is 52.2 Å². The summed E-state index contributed by atoms with van der Waals surface area (Å²) in [5, 5.41) is 3.34. The topological polar surface area (TPSA) is 41.6 Å². The zero-order valence-electron chi connectivity index (χ0n) is 10.8. The van der Waals surface area contributed by atoms with Crippen LogP contribution in [0.5, 0.6) is 0 Å². The Morgan fingerprint density at radius 1 is 1.35 bits per heavy atom. The molecule has 0 aromatic heterocycles. The second-order valence-corrected chi connectivity index (χ2v) is 5.19. The quantitative estimate of drug-likeness (QED) is 0.784. The maximum Gasteiger partial charge on any atom is 0.137 e. The van der Waals surface area contributed by atoms with Gasteiger partial charge in [-0.25, -0.2) is 0 Å². The second kappa shape index (κ2) is 6.47. The molecule has 0 aromatic carbocycles. The normalized spacial score (nSPS) is 25.7. The molecule has 4 nitrogen and oxygen atoms in total. The third kappa shape index (κ3) is 3.76. The Balaban J connectivity index is 1.76. The fourth-order valence-electron chi connectivity index (χ4n) is 2.73. The largest absolute Gasteiger partial charge is 0.381 e. The summed E-state index contributed by atoms with van der Waals surface area (Å²) in [6, 6.07) is 0.396. The molecular formula is C13H24N2O2. The van der Waals surface area contributed by atoms with Gasteiger partial charge in [-0.2, -0.15) is 0 Å². The predicted molar refractivity (Wildman–Crippen MR) is 67.1 cm³/mol. The molecule has 1 unspecified atom stereocenters. The molecule has 0 amide bonds. The number of carbonyl (C=O) groups is 1. The molecule has 1 N–H and O–H groups in total. The monoisotopic (exact) mass is 240 g/mol. The molecule has 2 aliphatic rings. The van der Waals surface area contributed by atoms with Crippen molar-refractivity contribution in [3.63, 3.8) is 0 Å². The van der Waals surface area contributed by atoms with Crippen LogP contribution in [0.25, 0.3) is 0 Å². The number of rotatable bonds is 4. The van der Waals surface area contributed by atoms with Crippen LogP contribution in [0.2, 0.25) is 0 Å². The molecule has 0 spiro atoms. The first kappa shape index (κ1) is 13.0. The minimum Gasteiger partial charge on any atom is -0.381 e. The first-order valence-corrected chi connectivity index (χ1v) is 6.82. The van der Waals surface area contributed by atoms with Crippen molar-refractivity contribution < 1.29 is 9.53 Å². The molecule has 0 radical (unpaired) electrons. The number of piperazine rings is 1. The molecule has 17 heavy (non-hydrogen) atoms. The fraction of sp³-hybridized carbons (Fsp3) is 0.923. The molecule has 2 rings (SSSR count). The van der Waals surface area contributed by atoms with Crippen molar-refractivity contribution in [3.05, 3.63) is 0 Å². The molecule has 1 atom stereocenters. The molecule has 0 bridgehead atoms. The zero-order valence-corrected chi connectivity index (χ0v) is 10.8. The smallest absolute Gasteiger partial charge is 0.137 e. The minimum atomic E-state index is 0.258. The minimum absolute atomic E-state index is 0.258. The lowest BCUT2D eigenvalue weighted by atomic mass is 9.91. The van der Waals surface area contributed by atoms with Gasteiger partial charge >= 0.3 is 0 Å². The van der Waals surface area contributed by atoms with E-state index in [9.17, 15) is 4.79 Å². The van der Waals surface area contributed by atoms with E-state index in [2.05, 4.69) is 17.1 Å². The highest BCUT2D eigenvalue weighted by Crippen LogP contribution is 2.19. The van der Waals surface area contributed by atoms with Gasteiger partial charge in [0.2, 0.25) is 0 Å². The van der Waals surface area contributed by atoms with Gasteiger partial charge in [-0.1, -0.05) is 0 Å². The van der Waals surface area contributed by atoms with Gasteiger partial charge in [0.1, 0.15) is 5.78 Å². The van der Waals surface area contributed by atoms with E-state index in [4.69, 9.17) is 4.74 Å². The number of hydrogen-bond donors (Lipinski definition) is 1. The van der Waals surface area contributed by atoms with Crippen molar-refractivity contribution in [2.75, 3.05) is 39.4 Å². The zero-order chi connectivity index (χ0) is 12.1. The third-order valence-electron chi connectivity index (χ3n) is 3.95. The van der Waals surface area contributed by atoms with Crippen LogP contribution in [0.15, 0.2) is 0 Å². The molecule has 4 heteroatoms. The van der Waals surface area contributed by atoms with Gasteiger partial charge in [-0.05, 0) is 19.8 Å². The number of nitrogens with zero attached hydrogens (tertiary/aromatic N) is 1. The van der Waals surface area contributed by atoms with E-state index >= 15 is 0 Å². The summed E-state index contributed by atoms with van der Waals surface area (Å²) >= 11 is 0. The maximum absolute atomic E-state index is 12.2. The summed E-state index contributed by atoms with van der Waals surface area (Å²) in [6.45, 7) is 7.95. The van der Waals surface area contributed by atoms with Crippen molar-refractivity contribution >= 4 is 5.78 Å². The highest BCUT2D eigenvalue weighted by molar-refractivity contribution is 5.81. The van der Waals surface area contributed by atoms with Gasteiger partial charge in [0.05, 0.1) is 0 Å². The van der Waals surface area contributed by atoms with Gasteiger partial charge in [0.15, 0.2) is 0 Å². The van der Waals surface area contributed by atoms with E-state index in [0.29, 0.717) is 18.2 Å². The summed E-state index contributed by atoms with van der Waals surface area (Å²) in [5.74, 6) is 0.702. The van der Waals surface area contributed by atoms with Gasteiger partial charge in [-0.15, -0.1) is 0 Å². The molecule has 98 valence electrons. The van der Waals surface area contributed by atoms with Crippen LogP contribution < -0.4 is 5.32 Å². The van der Waals surface area contributed by atoms with Crippen LogP contribution in [-0.4, -0.2) is 56.1 Å². The summed E-state index contributed by atoms with van der Waals surface area (Å²) < 4.78 is 5.30. The molecule has 2 aliphatic heterocycles. The second-order valence-electron chi connectivity index (χ2n) is 5.19. The summed E-state index contributed by atoms with van der Waals surface area (Å²) in [7, 11) is 0. The predicted octanol–water partition coefficient (Wildman–Crippen LogP) is 0.666. The van der Waals surface area contributed by atoms with E-state index in [1.165, 1.54) is 0 Å². The molecule has 0 aliphatic carbocycles. The SMILES string of the molecule is CC(CC(=O)C1CCOCC1)N1CCNCC1. The molecular weight excluding hydrogens is 216 g/mol. The Hall–Kier alpha value is -0.450. The lowest BCUT2D eigenvalue weighted by molar-refractivity contribution is -0.126. The molecule has 0 aromatic rings. The first-order chi connectivity index (χ1) is 8.27. The summed E-state index contributed by atoms with van der Waals surface area (Å²) in [5.41, 5.74) is 0. The number of Topliss-reactive ketones (excluding diaryl/α,β-unsaturated/α-hetero) is 1. The van der Waals surface area contributed by atoms with Gasteiger partial charge < -0.3 is 10.1 Å². The third-order valence-corrected chi connectivity index (χ3v) is 3.95. The van der Waals surface area contributed by atoms with Gasteiger partial charge in [0, 0.05) is 57.8 Å². The van der Waals surface area contributed by atoms with Crippen LogP contribution in [0, 0.1) is 5.92 Å². The number of nitrogens with one attached hydrogen (secondary N) is 1. The lowest BCUT2D eigenvalue weighted by Crippen LogP contribution is -2.48. The van der Waals surface area contributed by atoms with Crippen LogP contribution >= 0.6 is 0 Å². The summed E-state index contributed by atoms with van der Waals surface area (Å²) in [6.07, 6.45) is 2.56. The lowest BCUT2D eigenvalue weighted by Gasteiger charge is -2.33. The van der Waals surface area contributed by atoms with Crippen molar-refractivity contribution in [3.8, 4) is 0 Å². The van der Waals surface area contributed by atoms with Crippen LogP contribution in [0.3, 0.4) is 0 Å². The average molecular weight is 240 g/mol. The van der Waals surface area contributed by atoms with Crippen molar-refractivity contribution in [2.45, 2.75) is 32.2 Å².